The molecule has 15 aromatic carbocycles. The van der Waals surface area contributed by atoms with E-state index in [1.807, 2.05) is 0 Å². The van der Waals surface area contributed by atoms with E-state index in [9.17, 15) is 0 Å². The molecule has 0 N–H and O–H groups in total. The van der Waals surface area contributed by atoms with Gasteiger partial charge in [-0.05, 0) is 211 Å². The Balaban J connectivity index is 0.974. The number of aromatic nitrogens is 3. The number of hydrogen-bond acceptors (Lipinski definition) is 5. The first-order valence-corrected chi connectivity index (χ1v) is 34.5. The molecule has 0 saturated heterocycles. The Morgan fingerprint density at radius 2 is 0.545 bits per heavy atom. The van der Waals surface area contributed by atoms with Gasteiger partial charge in [0, 0.05) is 50.8 Å². The number of nitrogens with zero attached hydrogens (tertiary/aromatic N) is 5. The van der Waals surface area contributed by atoms with Gasteiger partial charge in [0.05, 0.1) is 0 Å². The van der Waals surface area contributed by atoms with Crippen LogP contribution in [0.2, 0.25) is 0 Å². The van der Waals surface area contributed by atoms with Crippen molar-refractivity contribution in [2.45, 2.75) is 52.4 Å². The zero-order valence-corrected chi connectivity index (χ0v) is 56.3. The average molecular weight is 1270 g/mol. The van der Waals surface area contributed by atoms with E-state index in [0.717, 1.165) is 95.3 Å². The van der Waals surface area contributed by atoms with Gasteiger partial charge in [-0.2, -0.15) is 0 Å². The first-order valence-electron chi connectivity index (χ1n) is 34.5. The maximum absolute atomic E-state index is 5.84. The molecule has 0 unspecified atom stereocenters. The molecular formula is C93H70BN5. The molecule has 0 amide bonds. The fourth-order valence-electron chi connectivity index (χ4n) is 15.4. The van der Waals surface area contributed by atoms with Crippen molar-refractivity contribution in [3.8, 4) is 78.7 Å². The van der Waals surface area contributed by atoms with E-state index in [4.69, 9.17) is 15.0 Å². The summed E-state index contributed by atoms with van der Waals surface area (Å²) < 4.78 is 0. The molecule has 0 aliphatic carbocycles. The summed E-state index contributed by atoms with van der Waals surface area (Å²) in [6.07, 6.45) is 0. The largest absolute Gasteiger partial charge is 0.311 e. The number of rotatable bonds is 9. The van der Waals surface area contributed by atoms with Crippen molar-refractivity contribution in [1.29, 1.82) is 0 Å². The second-order valence-corrected chi connectivity index (χ2v) is 28.8. The van der Waals surface area contributed by atoms with Crippen molar-refractivity contribution in [2.75, 3.05) is 9.80 Å². The van der Waals surface area contributed by atoms with E-state index >= 15 is 0 Å². The summed E-state index contributed by atoms with van der Waals surface area (Å²) in [7, 11) is 0. The highest BCUT2D eigenvalue weighted by Gasteiger charge is 2.45. The Kier molecular flexibility index (Phi) is 14.1. The van der Waals surface area contributed by atoms with Crippen LogP contribution in [0.25, 0.3) is 122 Å². The number of hydrogen-bond donors (Lipinski definition) is 0. The van der Waals surface area contributed by atoms with Crippen molar-refractivity contribution >= 4 is 100 Å². The first kappa shape index (κ1) is 59.5. The van der Waals surface area contributed by atoms with Crippen molar-refractivity contribution < 1.29 is 0 Å². The average Bonchev–Trinajstić information content (AvgIpc) is 0.689. The highest BCUT2D eigenvalue weighted by atomic mass is 15.2. The summed E-state index contributed by atoms with van der Waals surface area (Å²) in [6.45, 7) is 13.6. The quantitative estimate of drug-likeness (QED) is 0.106. The molecule has 0 spiro atoms. The second-order valence-electron chi connectivity index (χ2n) is 28.8. The lowest BCUT2D eigenvalue weighted by molar-refractivity contribution is 0.590. The molecule has 99 heavy (non-hydrogen) atoms. The third kappa shape index (κ3) is 10.5. The molecule has 470 valence electrons. The van der Waals surface area contributed by atoms with Crippen LogP contribution in [0.3, 0.4) is 0 Å². The molecule has 0 saturated carbocycles. The Labute approximate surface area is 579 Å². The van der Waals surface area contributed by atoms with Crippen LogP contribution in [0.4, 0.5) is 34.1 Å². The minimum Gasteiger partial charge on any atom is -0.311 e. The minimum absolute atomic E-state index is 0.0719. The number of fused-ring (bicyclic) bond motifs is 10. The Bertz CT molecular complexity index is 5390. The van der Waals surface area contributed by atoms with E-state index in [1.165, 1.54) is 70.6 Å². The van der Waals surface area contributed by atoms with Crippen LogP contribution in [0.5, 0.6) is 0 Å². The fourth-order valence-corrected chi connectivity index (χ4v) is 15.4. The lowest BCUT2D eigenvalue weighted by Crippen LogP contribution is -2.61. The van der Waals surface area contributed by atoms with Gasteiger partial charge in [0.1, 0.15) is 0 Å². The highest BCUT2D eigenvalue weighted by Crippen LogP contribution is 2.49. The van der Waals surface area contributed by atoms with Crippen molar-refractivity contribution in [2.24, 2.45) is 0 Å². The van der Waals surface area contributed by atoms with Gasteiger partial charge in [-0.3, -0.25) is 0 Å². The van der Waals surface area contributed by atoms with E-state index in [1.54, 1.807) is 0 Å². The smallest absolute Gasteiger partial charge is 0.252 e. The zero-order valence-electron chi connectivity index (χ0n) is 56.3. The van der Waals surface area contributed by atoms with Crippen LogP contribution >= 0.6 is 0 Å². The summed E-state index contributed by atoms with van der Waals surface area (Å²) in [6, 6.07) is 117. The van der Waals surface area contributed by atoms with Crippen molar-refractivity contribution in [3.05, 3.63) is 327 Å². The molecule has 0 atom stereocenters. The normalized spacial score (nSPS) is 12.7. The predicted molar refractivity (Wildman–Crippen MR) is 419 cm³/mol. The highest BCUT2D eigenvalue weighted by molar-refractivity contribution is 7.00. The lowest BCUT2D eigenvalue weighted by atomic mass is 9.33. The summed E-state index contributed by atoms with van der Waals surface area (Å²) in [4.78, 5) is 22.5. The summed E-state index contributed by atoms with van der Waals surface area (Å²) in [5, 5.41) is 9.67. The minimum atomic E-state index is -0.199. The topological polar surface area (TPSA) is 45.2 Å². The van der Waals surface area contributed by atoms with Crippen LogP contribution in [0.1, 0.15) is 52.7 Å². The number of anilines is 6. The number of benzene rings is 15. The second kappa shape index (κ2) is 23.4. The van der Waals surface area contributed by atoms with Crippen molar-refractivity contribution in [1.82, 2.24) is 15.0 Å². The van der Waals surface area contributed by atoms with Gasteiger partial charge in [0.15, 0.2) is 17.5 Å². The van der Waals surface area contributed by atoms with Gasteiger partial charge in [0.25, 0.3) is 6.71 Å². The standard InChI is InChI=1S/C93H70BN5/c1-92(2,3)74-39-43-76(44-40-74)98-84-57-80-65(37-35-63-31-19-21-33-78(63)80)53-82(84)94-83-54-66-38-36-64-32-20-22-34-79(64)81(66)58-85(83)99(77-45-41-75(42-46-77)93(4,5)6)87-56-73(55-86(98)88(87)94)91-96-89(71-49-67(59-23-11-7-12-24-59)47-68(50-71)60-25-13-8-14-26-60)95-90(97-91)72-51-69(61-27-15-9-16-28-61)48-70(52-72)62-29-17-10-18-30-62/h7-58H,1-6H3. The molecular weight excluding hydrogens is 1200 g/mol. The Hall–Kier alpha value is -12.0. The van der Waals surface area contributed by atoms with Gasteiger partial charge in [0.2, 0.25) is 0 Å². The van der Waals surface area contributed by atoms with E-state index < -0.39 is 0 Å². The summed E-state index contributed by atoms with van der Waals surface area (Å²) in [5.41, 5.74) is 23.9. The van der Waals surface area contributed by atoms with E-state index in [2.05, 4.69) is 367 Å². The molecule has 1 aromatic heterocycles. The van der Waals surface area contributed by atoms with Gasteiger partial charge in [-0.25, -0.2) is 15.0 Å². The lowest BCUT2D eigenvalue weighted by Gasteiger charge is -2.45. The van der Waals surface area contributed by atoms with E-state index in [-0.39, 0.29) is 17.5 Å². The van der Waals surface area contributed by atoms with Crippen molar-refractivity contribution in [3.63, 3.8) is 0 Å². The molecule has 2 aliphatic heterocycles. The predicted octanol–water partition coefficient (Wildman–Crippen LogP) is 22.8. The maximum atomic E-state index is 5.84. The summed E-state index contributed by atoms with van der Waals surface area (Å²) >= 11 is 0. The van der Waals surface area contributed by atoms with Crippen LogP contribution in [-0.4, -0.2) is 21.7 Å². The SMILES string of the molecule is CC(C)(C)c1ccc(N2c3cc4c(ccc5ccccc54)cc3B3c4cc5ccc6ccccc6c5cc4N(c4ccc(C(C)(C)C)cc4)c4cc(-c5nc(-c6cc(-c7ccccc7)cc(-c7ccccc7)c6)nc(-c6cc(-c7ccccc7)cc(-c7ccccc7)c6)n5)cc2c43)cc1. The van der Waals surface area contributed by atoms with Gasteiger partial charge in [-0.1, -0.05) is 272 Å². The van der Waals surface area contributed by atoms with Crippen LogP contribution < -0.4 is 26.2 Å². The third-order valence-electron chi connectivity index (χ3n) is 20.5. The molecule has 0 fully saturated rings. The molecule has 6 heteroatoms. The summed E-state index contributed by atoms with van der Waals surface area (Å²) in [5.74, 6) is 1.69. The van der Waals surface area contributed by atoms with E-state index in [0.29, 0.717) is 17.5 Å². The molecule has 3 heterocycles. The molecule has 18 rings (SSSR count). The Morgan fingerprint density at radius 1 is 0.242 bits per heavy atom. The third-order valence-corrected chi connectivity index (χ3v) is 20.5. The zero-order chi connectivity index (χ0) is 66.7. The van der Waals surface area contributed by atoms with Crippen LogP contribution in [-0.2, 0) is 10.8 Å². The van der Waals surface area contributed by atoms with Gasteiger partial charge < -0.3 is 9.80 Å². The fraction of sp³-hybridized carbons (Fsp3) is 0.0860. The van der Waals surface area contributed by atoms with Crippen LogP contribution in [0.15, 0.2) is 315 Å². The Morgan fingerprint density at radius 3 is 0.889 bits per heavy atom. The van der Waals surface area contributed by atoms with Gasteiger partial charge in [-0.15, -0.1) is 0 Å². The molecule has 2 aliphatic rings. The maximum Gasteiger partial charge on any atom is 0.252 e. The molecule has 0 radical (unpaired) electrons. The van der Waals surface area contributed by atoms with Gasteiger partial charge >= 0.3 is 0 Å². The molecule has 16 aromatic rings. The molecule has 5 nitrogen and oxygen atoms in total. The first-order chi connectivity index (χ1) is 48.3. The van der Waals surface area contributed by atoms with Crippen LogP contribution in [0, 0.1) is 0 Å². The molecule has 0 bridgehead atoms. The monoisotopic (exact) mass is 1270 g/mol.